The molecule has 0 amide bonds. The van der Waals surface area contributed by atoms with Crippen LogP contribution in [0.4, 0.5) is 0 Å². The first-order chi connectivity index (χ1) is 11.3. The lowest BCUT2D eigenvalue weighted by Gasteiger charge is -2.07. The van der Waals surface area contributed by atoms with Gasteiger partial charge in [0.2, 0.25) is 0 Å². The molecule has 0 bridgehead atoms. The van der Waals surface area contributed by atoms with Crippen LogP contribution in [0.2, 0.25) is 0 Å². The van der Waals surface area contributed by atoms with Crippen LogP contribution >= 0.6 is 0 Å². The van der Waals surface area contributed by atoms with Crippen molar-refractivity contribution in [1.82, 2.24) is 19.7 Å². The molecule has 1 aromatic carbocycles. The van der Waals surface area contributed by atoms with E-state index in [0.717, 1.165) is 39.0 Å². The van der Waals surface area contributed by atoms with Crippen LogP contribution in [0.1, 0.15) is 11.1 Å². The van der Waals surface area contributed by atoms with E-state index in [9.17, 15) is 5.11 Å². The number of hydrogen-bond donors (Lipinski definition) is 2. The first-order valence-corrected chi connectivity index (χ1v) is 7.44. The lowest BCUT2D eigenvalue weighted by Crippen LogP contribution is -1.98. The average Bonchev–Trinajstić information content (AvgIpc) is 3.23. The topological polar surface area (TPSA) is 66.7 Å². The molecule has 0 fully saturated rings. The maximum Gasteiger partial charge on any atom is 0.137 e. The summed E-state index contributed by atoms with van der Waals surface area (Å²) in [5, 5.41) is 14.8. The Morgan fingerprint density at radius 2 is 2.13 bits per heavy atom. The van der Waals surface area contributed by atoms with E-state index in [2.05, 4.69) is 15.1 Å². The van der Waals surface area contributed by atoms with Gasteiger partial charge in [-0.25, -0.2) is 9.67 Å². The summed E-state index contributed by atoms with van der Waals surface area (Å²) in [7, 11) is 0. The molecule has 5 heteroatoms. The molecule has 0 atom stereocenters. The van der Waals surface area contributed by atoms with Crippen molar-refractivity contribution < 1.29 is 5.11 Å². The number of pyridine rings is 1. The van der Waals surface area contributed by atoms with Crippen molar-refractivity contribution in [1.29, 1.82) is 0 Å². The molecule has 5 nitrogen and oxygen atoms in total. The number of rotatable bonds is 3. The number of aryl methyl sites for hydroxylation is 1. The van der Waals surface area contributed by atoms with Crippen LogP contribution < -0.4 is 0 Å². The molecule has 0 aliphatic carbocycles. The summed E-state index contributed by atoms with van der Waals surface area (Å²) in [6.45, 7) is 2.07. The third-order valence-electron chi connectivity index (χ3n) is 4.04. The second-order valence-electron chi connectivity index (χ2n) is 5.55. The predicted molar refractivity (Wildman–Crippen MR) is 89.3 cm³/mol. The number of fused-ring (bicyclic) bond motifs is 1. The standard InChI is InChI=1S/C18H16N4O/c1-12-8-13(11-23)2-3-17(12)22-10-14(9-21-22)15-4-6-19-18-16(15)5-7-20-18/h2-10,23H,11H2,1H3,(H,19,20). The van der Waals surface area contributed by atoms with E-state index in [1.807, 2.05) is 60.5 Å². The van der Waals surface area contributed by atoms with Gasteiger partial charge < -0.3 is 10.1 Å². The molecule has 2 N–H and O–H groups in total. The molecule has 0 aliphatic rings. The Morgan fingerprint density at radius 1 is 1.22 bits per heavy atom. The number of aromatic amines is 1. The fourth-order valence-electron chi connectivity index (χ4n) is 2.88. The molecule has 0 saturated carbocycles. The van der Waals surface area contributed by atoms with Crippen LogP contribution in [0.3, 0.4) is 0 Å². The molecule has 0 saturated heterocycles. The minimum Gasteiger partial charge on any atom is -0.392 e. The number of aromatic nitrogens is 4. The van der Waals surface area contributed by atoms with Crippen molar-refractivity contribution in [2.45, 2.75) is 13.5 Å². The van der Waals surface area contributed by atoms with Crippen molar-refractivity contribution in [3.63, 3.8) is 0 Å². The third kappa shape index (κ3) is 2.31. The van der Waals surface area contributed by atoms with Gasteiger partial charge in [0.1, 0.15) is 5.65 Å². The van der Waals surface area contributed by atoms with E-state index in [-0.39, 0.29) is 6.61 Å². The normalized spacial score (nSPS) is 11.2. The maximum absolute atomic E-state index is 9.23. The first-order valence-electron chi connectivity index (χ1n) is 7.44. The van der Waals surface area contributed by atoms with Crippen LogP contribution in [-0.4, -0.2) is 24.9 Å². The Morgan fingerprint density at radius 3 is 2.96 bits per heavy atom. The fourth-order valence-corrected chi connectivity index (χ4v) is 2.88. The van der Waals surface area contributed by atoms with E-state index < -0.39 is 0 Å². The lowest BCUT2D eigenvalue weighted by molar-refractivity contribution is 0.282. The van der Waals surface area contributed by atoms with E-state index in [0.29, 0.717) is 0 Å². The van der Waals surface area contributed by atoms with Gasteiger partial charge in [-0.3, -0.25) is 0 Å². The maximum atomic E-state index is 9.23. The van der Waals surface area contributed by atoms with E-state index in [1.165, 1.54) is 0 Å². The molecule has 4 rings (SSSR count). The Kier molecular flexibility index (Phi) is 3.20. The van der Waals surface area contributed by atoms with E-state index >= 15 is 0 Å². The minimum atomic E-state index is 0.0496. The van der Waals surface area contributed by atoms with Gasteiger partial charge in [-0.2, -0.15) is 5.10 Å². The average molecular weight is 304 g/mol. The predicted octanol–water partition coefficient (Wildman–Crippen LogP) is 3.22. The number of aliphatic hydroxyl groups excluding tert-OH is 1. The number of nitrogens with zero attached hydrogens (tertiary/aromatic N) is 3. The largest absolute Gasteiger partial charge is 0.392 e. The molecular formula is C18H16N4O. The molecule has 3 aromatic heterocycles. The summed E-state index contributed by atoms with van der Waals surface area (Å²) in [6, 6.07) is 9.90. The SMILES string of the molecule is Cc1cc(CO)ccc1-n1cc(-c2ccnc3[nH]ccc23)cn1. The van der Waals surface area contributed by atoms with Crippen LogP contribution in [0, 0.1) is 6.92 Å². The Balaban J connectivity index is 1.79. The van der Waals surface area contributed by atoms with Crippen LogP contribution in [0.5, 0.6) is 0 Å². The number of nitrogens with one attached hydrogen (secondary N) is 1. The summed E-state index contributed by atoms with van der Waals surface area (Å²) in [5.41, 5.74) is 6.01. The second kappa shape index (κ2) is 5.37. The van der Waals surface area contributed by atoms with Crippen molar-refractivity contribution in [2.24, 2.45) is 0 Å². The smallest absolute Gasteiger partial charge is 0.137 e. The van der Waals surface area contributed by atoms with Gasteiger partial charge in [-0.15, -0.1) is 0 Å². The Labute approximate surface area is 133 Å². The zero-order chi connectivity index (χ0) is 15.8. The van der Waals surface area contributed by atoms with Gasteiger partial charge in [-0.05, 0) is 41.8 Å². The van der Waals surface area contributed by atoms with Gasteiger partial charge in [0.25, 0.3) is 0 Å². The van der Waals surface area contributed by atoms with Crippen molar-refractivity contribution in [3.8, 4) is 16.8 Å². The number of hydrogen-bond acceptors (Lipinski definition) is 3. The summed E-state index contributed by atoms with van der Waals surface area (Å²) < 4.78 is 1.87. The minimum absolute atomic E-state index is 0.0496. The summed E-state index contributed by atoms with van der Waals surface area (Å²) in [4.78, 5) is 7.45. The van der Waals surface area contributed by atoms with Gasteiger partial charge in [0, 0.05) is 29.5 Å². The quantitative estimate of drug-likeness (QED) is 0.611. The number of benzene rings is 1. The highest BCUT2D eigenvalue weighted by Crippen LogP contribution is 2.27. The third-order valence-corrected chi connectivity index (χ3v) is 4.04. The van der Waals surface area contributed by atoms with Gasteiger partial charge in [-0.1, -0.05) is 12.1 Å². The molecule has 23 heavy (non-hydrogen) atoms. The molecule has 0 aliphatic heterocycles. The fraction of sp³-hybridized carbons (Fsp3) is 0.111. The van der Waals surface area contributed by atoms with Crippen LogP contribution in [0.25, 0.3) is 27.8 Å². The molecular weight excluding hydrogens is 288 g/mol. The summed E-state index contributed by atoms with van der Waals surface area (Å²) >= 11 is 0. The lowest BCUT2D eigenvalue weighted by atomic mass is 10.1. The van der Waals surface area contributed by atoms with Crippen molar-refractivity contribution in [3.05, 3.63) is 66.2 Å². The Bertz CT molecular complexity index is 984. The molecule has 0 unspecified atom stereocenters. The highest BCUT2D eigenvalue weighted by molar-refractivity contribution is 5.92. The van der Waals surface area contributed by atoms with Crippen LogP contribution in [-0.2, 0) is 6.61 Å². The first kappa shape index (κ1) is 13.7. The van der Waals surface area contributed by atoms with Gasteiger partial charge in [0.15, 0.2) is 0 Å². The highest BCUT2D eigenvalue weighted by atomic mass is 16.3. The second-order valence-corrected chi connectivity index (χ2v) is 5.55. The molecule has 3 heterocycles. The molecule has 0 spiro atoms. The summed E-state index contributed by atoms with van der Waals surface area (Å²) in [6.07, 6.45) is 7.57. The zero-order valence-electron chi connectivity index (χ0n) is 12.7. The van der Waals surface area contributed by atoms with E-state index in [4.69, 9.17) is 0 Å². The zero-order valence-corrected chi connectivity index (χ0v) is 12.7. The van der Waals surface area contributed by atoms with Gasteiger partial charge in [0.05, 0.1) is 18.5 Å². The van der Waals surface area contributed by atoms with E-state index in [1.54, 1.807) is 6.20 Å². The van der Waals surface area contributed by atoms with Crippen molar-refractivity contribution in [2.75, 3.05) is 0 Å². The summed E-state index contributed by atoms with van der Waals surface area (Å²) in [5.74, 6) is 0. The van der Waals surface area contributed by atoms with Gasteiger partial charge >= 0.3 is 0 Å². The molecule has 0 radical (unpaired) electrons. The monoisotopic (exact) mass is 304 g/mol. The molecule has 4 aromatic rings. The van der Waals surface area contributed by atoms with Crippen molar-refractivity contribution >= 4 is 11.0 Å². The molecule has 114 valence electrons. The highest BCUT2D eigenvalue weighted by Gasteiger charge is 2.09. The van der Waals surface area contributed by atoms with Crippen LogP contribution in [0.15, 0.2) is 55.1 Å². The number of aliphatic hydroxyl groups is 1. The Hall–Kier alpha value is -2.92. The number of H-pyrrole nitrogens is 1.